The molecule has 0 bridgehead atoms. The quantitative estimate of drug-likeness (QED) is 0.287. The molecule has 2 aliphatic rings. The second-order valence-corrected chi connectivity index (χ2v) is 10.2. The van der Waals surface area contributed by atoms with E-state index < -0.39 is 22.2 Å². The van der Waals surface area contributed by atoms with Crippen molar-refractivity contribution in [2.45, 2.75) is 56.3 Å². The molecule has 38 heavy (non-hydrogen) atoms. The summed E-state index contributed by atoms with van der Waals surface area (Å²) >= 11 is 0. The molecule has 1 aliphatic carbocycles. The van der Waals surface area contributed by atoms with E-state index in [1.807, 2.05) is 0 Å². The van der Waals surface area contributed by atoms with Crippen molar-refractivity contribution in [1.82, 2.24) is 4.98 Å². The van der Waals surface area contributed by atoms with Crippen LogP contribution in [0.4, 0.5) is 30.6 Å². The van der Waals surface area contributed by atoms with Crippen molar-refractivity contribution < 1.29 is 22.5 Å². The Kier molecular flexibility index (Phi) is 7.04. The Bertz CT molecular complexity index is 1260. The number of nitrogens with one attached hydrogen (secondary N) is 1. The molecule has 0 spiro atoms. The van der Waals surface area contributed by atoms with Crippen molar-refractivity contribution in [2.24, 2.45) is 11.7 Å². The number of anilines is 2. The Hall–Kier alpha value is -3.60. The zero-order chi connectivity index (χ0) is 26.9. The first-order valence-corrected chi connectivity index (χ1v) is 12.8. The average molecular weight is 530 g/mol. The van der Waals surface area contributed by atoms with Crippen LogP contribution in [0.1, 0.15) is 44.1 Å². The van der Waals surface area contributed by atoms with Crippen molar-refractivity contribution in [3.05, 3.63) is 70.4 Å². The lowest BCUT2D eigenvalue weighted by atomic mass is 9.67. The maximum Gasteiger partial charge on any atom is 0.416 e. The highest BCUT2D eigenvalue weighted by Gasteiger charge is 2.45. The van der Waals surface area contributed by atoms with E-state index >= 15 is 0 Å². The predicted octanol–water partition coefficient (Wildman–Crippen LogP) is 6.24. The van der Waals surface area contributed by atoms with Crippen LogP contribution in [0.15, 0.2) is 59.1 Å². The SMILES string of the molecule is N[C@]1(C2CCCN(c3ccc([N+](=O)[O-])cc3)C2)CCCCC1Nc1ncc(-c2ccc(C(F)(F)F)cc2)o1. The van der Waals surface area contributed by atoms with E-state index in [2.05, 4.69) is 15.2 Å². The van der Waals surface area contributed by atoms with Gasteiger partial charge in [-0.05, 0) is 55.9 Å². The minimum Gasteiger partial charge on any atom is -0.424 e. The Morgan fingerprint density at radius 3 is 2.50 bits per heavy atom. The third-order valence-electron chi connectivity index (χ3n) is 7.91. The lowest BCUT2D eigenvalue weighted by Crippen LogP contribution is -2.63. The van der Waals surface area contributed by atoms with Gasteiger partial charge in [-0.1, -0.05) is 25.0 Å². The number of piperidine rings is 1. The van der Waals surface area contributed by atoms with Crippen LogP contribution in [0, 0.1) is 16.0 Å². The first-order valence-electron chi connectivity index (χ1n) is 12.8. The van der Waals surface area contributed by atoms with Crippen LogP contribution in [-0.2, 0) is 6.18 Å². The van der Waals surface area contributed by atoms with Crippen LogP contribution in [0.3, 0.4) is 0 Å². The molecule has 5 rings (SSSR count). The molecule has 3 atom stereocenters. The van der Waals surface area contributed by atoms with Crippen LogP contribution in [-0.4, -0.2) is 34.6 Å². The molecule has 2 unspecified atom stereocenters. The number of nitro groups is 1. The van der Waals surface area contributed by atoms with Gasteiger partial charge in [0, 0.05) is 48.1 Å². The highest BCUT2D eigenvalue weighted by molar-refractivity contribution is 5.58. The number of hydrogen-bond acceptors (Lipinski definition) is 7. The van der Waals surface area contributed by atoms with Gasteiger partial charge in [-0.3, -0.25) is 10.1 Å². The van der Waals surface area contributed by atoms with E-state index in [9.17, 15) is 23.3 Å². The van der Waals surface area contributed by atoms with Gasteiger partial charge in [-0.25, -0.2) is 4.98 Å². The molecule has 8 nitrogen and oxygen atoms in total. The number of benzene rings is 2. The first kappa shape index (κ1) is 26.0. The lowest BCUT2D eigenvalue weighted by molar-refractivity contribution is -0.384. The minimum atomic E-state index is -4.40. The molecule has 2 heterocycles. The molecular formula is C27H30F3N5O3. The standard InChI is InChI=1S/C27H30F3N5O3/c28-27(29,30)19-8-6-18(7-9-19)23-16-32-25(38-23)33-24-5-1-2-14-26(24,31)20-4-3-15-34(17-20)21-10-12-22(13-11-21)35(36)37/h6-13,16,20,24H,1-5,14-15,17,31H2,(H,32,33)/t20?,24?,26-/m0/s1. The topological polar surface area (TPSA) is 110 Å². The molecule has 0 radical (unpaired) electrons. The van der Waals surface area contributed by atoms with Gasteiger partial charge in [0.15, 0.2) is 5.76 Å². The first-order chi connectivity index (χ1) is 18.1. The van der Waals surface area contributed by atoms with Crippen LogP contribution in [0.5, 0.6) is 0 Å². The number of hydrogen-bond donors (Lipinski definition) is 2. The van der Waals surface area contributed by atoms with Crippen LogP contribution in [0.25, 0.3) is 11.3 Å². The molecule has 1 aromatic heterocycles. The number of nitrogens with zero attached hydrogens (tertiary/aromatic N) is 3. The average Bonchev–Trinajstić information content (AvgIpc) is 3.38. The zero-order valence-corrected chi connectivity index (χ0v) is 20.8. The summed E-state index contributed by atoms with van der Waals surface area (Å²) in [5, 5.41) is 14.4. The molecule has 0 amide bonds. The molecule has 1 saturated heterocycles. The van der Waals surface area contributed by atoms with Gasteiger partial charge in [0.2, 0.25) is 0 Å². The van der Waals surface area contributed by atoms with Gasteiger partial charge in [-0.15, -0.1) is 0 Å². The molecule has 2 fully saturated rings. The molecule has 11 heteroatoms. The van der Waals surface area contributed by atoms with Gasteiger partial charge < -0.3 is 20.4 Å². The van der Waals surface area contributed by atoms with E-state index in [1.165, 1.54) is 30.5 Å². The summed E-state index contributed by atoms with van der Waals surface area (Å²) in [5.41, 5.74) is 7.43. The Balaban J connectivity index is 1.30. The Morgan fingerprint density at radius 2 is 1.82 bits per heavy atom. The maximum absolute atomic E-state index is 12.9. The highest BCUT2D eigenvalue weighted by atomic mass is 19.4. The summed E-state index contributed by atoms with van der Waals surface area (Å²) < 4.78 is 44.6. The molecule has 1 aliphatic heterocycles. The fourth-order valence-corrected chi connectivity index (χ4v) is 5.80. The minimum absolute atomic E-state index is 0.0655. The maximum atomic E-state index is 12.9. The Labute approximate surface area is 218 Å². The van der Waals surface area contributed by atoms with Crippen LogP contribution in [0.2, 0.25) is 0 Å². The zero-order valence-electron chi connectivity index (χ0n) is 20.8. The summed E-state index contributed by atoms with van der Waals surface area (Å²) in [5.74, 6) is 0.565. The van der Waals surface area contributed by atoms with Crippen molar-refractivity contribution in [1.29, 1.82) is 0 Å². The monoisotopic (exact) mass is 529 g/mol. The third-order valence-corrected chi connectivity index (χ3v) is 7.91. The van der Waals surface area contributed by atoms with Crippen LogP contribution < -0.4 is 16.0 Å². The fraction of sp³-hybridized carbons (Fsp3) is 0.444. The number of oxazole rings is 1. The number of alkyl halides is 3. The number of nitrogens with two attached hydrogens (primary N) is 1. The van der Waals surface area contributed by atoms with E-state index in [4.69, 9.17) is 10.2 Å². The second kappa shape index (κ2) is 10.3. The summed E-state index contributed by atoms with van der Waals surface area (Å²) in [6.07, 6.45) is 2.77. The molecule has 3 N–H and O–H groups in total. The molecular weight excluding hydrogens is 499 g/mol. The largest absolute Gasteiger partial charge is 0.424 e. The molecule has 1 saturated carbocycles. The summed E-state index contributed by atoms with van der Waals surface area (Å²) in [4.78, 5) is 17.2. The molecule has 3 aromatic rings. The lowest BCUT2D eigenvalue weighted by Gasteiger charge is -2.50. The molecule has 2 aromatic carbocycles. The Morgan fingerprint density at radius 1 is 1.08 bits per heavy atom. The predicted molar refractivity (Wildman–Crippen MR) is 138 cm³/mol. The number of rotatable bonds is 6. The fourth-order valence-electron chi connectivity index (χ4n) is 5.80. The van der Waals surface area contributed by atoms with Gasteiger partial charge in [0.05, 0.1) is 16.7 Å². The second-order valence-electron chi connectivity index (χ2n) is 10.2. The van der Waals surface area contributed by atoms with E-state index in [0.29, 0.717) is 17.3 Å². The third kappa shape index (κ3) is 5.33. The summed E-state index contributed by atoms with van der Waals surface area (Å²) in [6.45, 7) is 1.60. The van der Waals surface area contributed by atoms with Gasteiger partial charge in [0.1, 0.15) is 0 Å². The highest BCUT2D eigenvalue weighted by Crippen LogP contribution is 2.40. The van der Waals surface area contributed by atoms with E-state index in [-0.39, 0.29) is 17.6 Å². The number of non-ortho nitro benzene ring substituents is 1. The molecule has 202 valence electrons. The van der Waals surface area contributed by atoms with Crippen molar-refractivity contribution >= 4 is 17.4 Å². The summed E-state index contributed by atoms with van der Waals surface area (Å²) in [7, 11) is 0. The van der Waals surface area contributed by atoms with Crippen molar-refractivity contribution in [3.63, 3.8) is 0 Å². The normalized spacial score (nSPS) is 24.3. The van der Waals surface area contributed by atoms with E-state index in [0.717, 1.165) is 69.4 Å². The van der Waals surface area contributed by atoms with Gasteiger partial charge in [0.25, 0.3) is 11.7 Å². The van der Waals surface area contributed by atoms with Gasteiger partial charge >= 0.3 is 6.18 Å². The smallest absolute Gasteiger partial charge is 0.416 e. The van der Waals surface area contributed by atoms with Crippen molar-refractivity contribution in [2.75, 3.05) is 23.3 Å². The van der Waals surface area contributed by atoms with Crippen molar-refractivity contribution in [3.8, 4) is 11.3 Å². The van der Waals surface area contributed by atoms with E-state index in [1.54, 1.807) is 12.1 Å². The number of aromatic nitrogens is 1. The van der Waals surface area contributed by atoms with Gasteiger partial charge in [-0.2, -0.15) is 13.2 Å². The number of halogens is 3. The number of nitro benzene ring substituents is 1. The summed E-state index contributed by atoms with van der Waals surface area (Å²) in [6, 6.07) is 11.6. The van der Waals surface area contributed by atoms with Crippen LogP contribution >= 0.6 is 0 Å².